The number of hydrogen-bond acceptors (Lipinski definition) is 3. The maximum Gasteiger partial charge on any atom is 0.288 e. The van der Waals surface area contributed by atoms with Gasteiger partial charge in [-0.15, -0.1) is 11.3 Å². The van der Waals surface area contributed by atoms with Crippen molar-refractivity contribution < 1.29 is 9.31 Å². The van der Waals surface area contributed by atoms with E-state index in [0.29, 0.717) is 4.70 Å². The van der Waals surface area contributed by atoms with E-state index in [1.165, 1.54) is 22.8 Å². The van der Waals surface area contributed by atoms with Gasteiger partial charge in [0.1, 0.15) is 10.8 Å². The first kappa shape index (κ1) is 9.36. The van der Waals surface area contributed by atoms with Gasteiger partial charge in [0.15, 0.2) is 0 Å². The molecule has 0 unspecified atom stereocenters. The number of halogens is 2. The van der Waals surface area contributed by atoms with Gasteiger partial charge >= 0.3 is 0 Å². The first-order valence-corrected chi connectivity index (χ1v) is 4.86. The topological polar surface area (TPSA) is 43.1 Å². The summed E-state index contributed by atoms with van der Waals surface area (Å²) in [5, 5.41) is 12.1. The van der Waals surface area contributed by atoms with Crippen molar-refractivity contribution in [2.24, 2.45) is 0 Å². The molecule has 0 aliphatic heterocycles. The van der Waals surface area contributed by atoms with Crippen LogP contribution in [0.2, 0.25) is 5.02 Å². The van der Waals surface area contributed by atoms with Gasteiger partial charge in [-0.05, 0) is 6.07 Å². The molecule has 0 spiro atoms. The molecule has 1 aromatic carbocycles. The zero-order valence-corrected chi connectivity index (χ0v) is 8.23. The summed E-state index contributed by atoms with van der Waals surface area (Å²) in [6.45, 7) is 0. The number of nitrogens with zero attached hydrogens (tertiary/aromatic N) is 1. The molecule has 72 valence electrons. The second-order valence-corrected chi connectivity index (χ2v) is 3.96. The molecule has 2 rings (SSSR count). The standard InChI is InChI=1S/C8H3ClFNO2S/c9-5-2-8-4(6(10)3-14-8)1-7(5)11(12)13/h1-3H. The minimum atomic E-state index is -0.626. The molecule has 14 heavy (non-hydrogen) atoms. The van der Waals surface area contributed by atoms with Crippen LogP contribution < -0.4 is 0 Å². The van der Waals surface area contributed by atoms with Gasteiger partial charge in [-0.25, -0.2) is 4.39 Å². The summed E-state index contributed by atoms with van der Waals surface area (Å²) >= 11 is 6.82. The first-order chi connectivity index (χ1) is 6.59. The average Bonchev–Trinajstić information content (AvgIpc) is 2.46. The van der Waals surface area contributed by atoms with Crippen molar-refractivity contribution in [3.05, 3.63) is 38.5 Å². The number of hydrogen-bond donors (Lipinski definition) is 0. The first-order valence-electron chi connectivity index (χ1n) is 3.60. The fraction of sp³-hybridized carbons (Fsp3) is 0. The van der Waals surface area contributed by atoms with Gasteiger partial charge in [0.25, 0.3) is 5.69 Å². The number of nitro groups is 1. The van der Waals surface area contributed by atoms with Gasteiger partial charge in [0.2, 0.25) is 0 Å². The molecule has 0 radical (unpaired) electrons. The molecule has 0 fully saturated rings. The lowest BCUT2D eigenvalue weighted by Crippen LogP contribution is -1.88. The molecule has 0 aliphatic rings. The highest BCUT2D eigenvalue weighted by Gasteiger charge is 2.15. The van der Waals surface area contributed by atoms with Crippen LogP contribution in [0, 0.1) is 15.9 Å². The van der Waals surface area contributed by atoms with Crippen LogP contribution in [0.3, 0.4) is 0 Å². The van der Waals surface area contributed by atoms with Crippen molar-refractivity contribution in [2.45, 2.75) is 0 Å². The fourth-order valence-electron chi connectivity index (χ4n) is 1.15. The Morgan fingerprint density at radius 1 is 1.50 bits per heavy atom. The van der Waals surface area contributed by atoms with Crippen LogP contribution in [0.4, 0.5) is 10.1 Å². The molecule has 1 aromatic heterocycles. The normalized spacial score (nSPS) is 10.7. The largest absolute Gasteiger partial charge is 0.288 e. The summed E-state index contributed by atoms with van der Waals surface area (Å²) in [7, 11) is 0. The summed E-state index contributed by atoms with van der Waals surface area (Å²) in [6.07, 6.45) is 0. The molecule has 2 aromatic rings. The molecule has 0 saturated heterocycles. The van der Waals surface area contributed by atoms with Crippen molar-refractivity contribution >= 4 is 38.7 Å². The summed E-state index contributed by atoms with van der Waals surface area (Å²) in [4.78, 5) is 9.87. The summed E-state index contributed by atoms with van der Waals surface area (Å²) in [6, 6.07) is 2.56. The van der Waals surface area contributed by atoms with Gasteiger partial charge < -0.3 is 0 Å². The second kappa shape index (κ2) is 3.18. The van der Waals surface area contributed by atoms with E-state index in [0.717, 1.165) is 6.07 Å². The van der Waals surface area contributed by atoms with Crippen molar-refractivity contribution in [1.82, 2.24) is 0 Å². The molecular weight excluding hydrogens is 229 g/mol. The second-order valence-electron chi connectivity index (χ2n) is 2.64. The van der Waals surface area contributed by atoms with Crippen molar-refractivity contribution in [3.63, 3.8) is 0 Å². The van der Waals surface area contributed by atoms with E-state index in [-0.39, 0.29) is 16.1 Å². The molecule has 0 saturated carbocycles. The molecular formula is C8H3ClFNO2S. The molecule has 0 bridgehead atoms. The van der Waals surface area contributed by atoms with Gasteiger partial charge in [0, 0.05) is 21.5 Å². The van der Waals surface area contributed by atoms with Crippen LogP contribution in [0.15, 0.2) is 17.5 Å². The lowest BCUT2D eigenvalue weighted by atomic mass is 10.2. The highest BCUT2D eigenvalue weighted by atomic mass is 35.5. The zero-order chi connectivity index (χ0) is 10.3. The van der Waals surface area contributed by atoms with Crippen LogP contribution >= 0.6 is 22.9 Å². The summed E-state index contributed by atoms with van der Waals surface area (Å²) in [5.41, 5.74) is -0.267. The van der Waals surface area contributed by atoms with Crippen LogP contribution in [0.1, 0.15) is 0 Å². The van der Waals surface area contributed by atoms with Crippen LogP contribution in [-0.2, 0) is 0 Å². The zero-order valence-electron chi connectivity index (χ0n) is 6.66. The SMILES string of the molecule is O=[N+]([O-])c1cc2c(F)csc2cc1Cl. The van der Waals surface area contributed by atoms with E-state index in [9.17, 15) is 14.5 Å². The highest BCUT2D eigenvalue weighted by Crippen LogP contribution is 2.34. The minimum Gasteiger partial charge on any atom is -0.258 e. The van der Waals surface area contributed by atoms with Crippen molar-refractivity contribution in [1.29, 1.82) is 0 Å². The Kier molecular flexibility index (Phi) is 2.13. The number of rotatable bonds is 1. The maximum atomic E-state index is 13.1. The molecule has 0 amide bonds. The molecule has 6 heteroatoms. The quantitative estimate of drug-likeness (QED) is 0.556. The molecule has 1 heterocycles. The van der Waals surface area contributed by atoms with Crippen molar-refractivity contribution in [3.8, 4) is 0 Å². The monoisotopic (exact) mass is 231 g/mol. The Bertz CT molecular complexity index is 525. The van der Waals surface area contributed by atoms with Crippen molar-refractivity contribution in [2.75, 3.05) is 0 Å². The van der Waals surface area contributed by atoms with E-state index in [4.69, 9.17) is 11.6 Å². The predicted octanol–water partition coefficient (Wildman–Crippen LogP) is 3.60. The summed E-state index contributed by atoms with van der Waals surface area (Å²) in [5.74, 6) is -0.454. The minimum absolute atomic E-state index is 0.0318. The van der Waals surface area contributed by atoms with Crippen LogP contribution in [-0.4, -0.2) is 4.92 Å². The third kappa shape index (κ3) is 1.34. The predicted molar refractivity (Wildman–Crippen MR) is 53.4 cm³/mol. The van der Waals surface area contributed by atoms with Gasteiger partial charge in [-0.2, -0.15) is 0 Å². The number of fused-ring (bicyclic) bond motifs is 1. The maximum absolute atomic E-state index is 13.1. The average molecular weight is 232 g/mol. The third-order valence-electron chi connectivity index (χ3n) is 1.79. The van der Waals surface area contributed by atoms with Crippen LogP contribution in [0.5, 0.6) is 0 Å². The third-order valence-corrected chi connectivity index (χ3v) is 3.01. The van der Waals surface area contributed by atoms with Gasteiger partial charge in [-0.3, -0.25) is 10.1 Å². The number of benzene rings is 1. The smallest absolute Gasteiger partial charge is 0.258 e. The highest BCUT2D eigenvalue weighted by molar-refractivity contribution is 7.17. The lowest BCUT2D eigenvalue weighted by molar-refractivity contribution is -0.384. The Balaban J connectivity index is 2.80. The van der Waals surface area contributed by atoms with E-state index >= 15 is 0 Å². The Labute approximate surface area is 86.9 Å². The van der Waals surface area contributed by atoms with Gasteiger partial charge in [0.05, 0.1) is 4.92 Å². The van der Waals surface area contributed by atoms with E-state index < -0.39 is 10.7 Å². The van der Waals surface area contributed by atoms with E-state index in [1.807, 2.05) is 0 Å². The Morgan fingerprint density at radius 3 is 2.86 bits per heavy atom. The molecule has 0 N–H and O–H groups in total. The summed E-state index contributed by atoms with van der Waals surface area (Å²) < 4.78 is 13.7. The van der Waals surface area contributed by atoms with E-state index in [1.54, 1.807) is 0 Å². The van der Waals surface area contributed by atoms with Crippen LogP contribution in [0.25, 0.3) is 10.1 Å². The molecule has 3 nitrogen and oxygen atoms in total. The molecule has 0 aliphatic carbocycles. The van der Waals surface area contributed by atoms with E-state index in [2.05, 4.69) is 0 Å². The lowest BCUT2D eigenvalue weighted by Gasteiger charge is -1.95. The number of nitro benzene ring substituents is 1. The Hall–Kier alpha value is -1.20. The fourth-order valence-corrected chi connectivity index (χ4v) is 2.27. The van der Waals surface area contributed by atoms with Gasteiger partial charge in [-0.1, -0.05) is 11.6 Å². The number of thiophene rings is 1. The Morgan fingerprint density at radius 2 is 2.21 bits per heavy atom. The molecule has 0 atom stereocenters.